The van der Waals surface area contributed by atoms with Crippen molar-refractivity contribution in [1.29, 1.82) is 0 Å². The number of alkyl halides is 1. The third-order valence-corrected chi connectivity index (χ3v) is 5.16. The quantitative estimate of drug-likeness (QED) is 0.516. The molecule has 3 rings (SSSR count). The summed E-state index contributed by atoms with van der Waals surface area (Å²) in [5.41, 5.74) is 1.86. The van der Waals surface area contributed by atoms with Crippen LogP contribution in [0.3, 0.4) is 0 Å². The van der Waals surface area contributed by atoms with E-state index in [1.165, 1.54) is 6.08 Å². The smallest absolute Gasteiger partial charge is 0.267 e. The van der Waals surface area contributed by atoms with E-state index in [2.05, 4.69) is 11.9 Å². The number of aromatic nitrogens is 3. The van der Waals surface area contributed by atoms with Crippen LogP contribution in [0, 0.1) is 0 Å². The fourth-order valence-corrected chi connectivity index (χ4v) is 2.90. The van der Waals surface area contributed by atoms with Crippen LogP contribution in [0.5, 0.6) is 0 Å². The number of hydrogen-bond donors (Lipinski definition) is 0. The van der Waals surface area contributed by atoms with Crippen LogP contribution in [0.1, 0.15) is 58.6 Å². The van der Waals surface area contributed by atoms with Crippen LogP contribution in [0.15, 0.2) is 47.3 Å². The van der Waals surface area contributed by atoms with E-state index >= 15 is 0 Å². The normalized spacial score (nSPS) is 14.9. The number of aryl methyl sites for hydroxylation is 1. The summed E-state index contributed by atoms with van der Waals surface area (Å²) in [5, 5.41) is 0.272. The van der Waals surface area contributed by atoms with Gasteiger partial charge in [-0.25, -0.2) is 23.0 Å². The van der Waals surface area contributed by atoms with E-state index in [9.17, 15) is 13.6 Å². The lowest BCUT2D eigenvalue weighted by Crippen LogP contribution is -2.20. The van der Waals surface area contributed by atoms with Crippen molar-refractivity contribution in [3.63, 3.8) is 0 Å². The molecule has 4 nitrogen and oxygen atoms in total. The van der Waals surface area contributed by atoms with Crippen LogP contribution in [0.4, 0.5) is 8.78 Å². The van der Waals surface area contributed by atoms with Crippen LogP contribution in [0.2, 0.25) is 0 Å². The van der Waals surface area contributed by atoms with Gasteiger partial charge in [-0.2, -0.15) is 11.8 Å². The SMILES string of the molecule is CC.CCCc1c(=O)n(C2CC2)n2cccnc12.CSC(C)/C=C\C(F)=C/CF. The van der Waals surface area contributed by atoms with Gasteiger partial charge >= 0.3 is 0 Å². The molecule has 0 aromatic carbocycles. The van der Waals surface area contributed by atoms with E-state index in [-0.39, 0.29) is 10.8 Å². The Hall–Kier alpha value is -1.89. The van der Waals surface area contributed by atoms with Gasteiger partial charge in [0.05, 0.1) is 11.6 Å². The summed E-state index contributed by atoms with van der Waals surface area (Å²) in [4.78, 5) is 16.6. The maximum atomic E-state index is 12.4. The molecule has 2 aromatic heterocycles. The molecule has 0 aliphatic heterocycles. The number of hydrogen-bond acceptors (Lipinski definition) is 3. The molecule has 0 saturated heterocycles. The standard InChI is InChI=1S/C12H15N3O.C8H12F2S.C2H6/c1-2-4-10-11-13-7-3-8-14(11)15(12(10)16)9-5-6-9;1-7(11-2)3-4-8(10)5-6-9;1-2/h3,7-9H,2,4-6H2,1H3;3-5,7H,6H2,1-2H3;1-2H3/b;4-3-,8-5+;. The lowest BCUT2D eigenvalue weighted by molar-refractivity contribution is 0.547. The number of halogens is 2. The number of rotatable bonds is 7. The molecule has 0 radical (unpaired) electrons. The zero-order chi connectivity index (χ0) is 21.8. The van der Waals surface area contributed by atoms with Gasteiger partial charge in [0.2, 0.25) is 0 Å². The molecule has 7 heteroatoms. The summed E-state index contributed by atoms with van der Waals surface area (Å²) in [7, 11) is 0. The van der Waals surface area contributed by atoms with Crippen LogP contribution >= 0.6 is 11.8 Å². The van der Waals surface area contributed by atoms with Crippen molar-refractivity contribution in [2.75, 3.05) is 12.9 Å². The van der Waals surface area contributed by atoms with E-state index in [1.807, 2.05) is 48.5 Å². The summed E-state index contributed by atoms with van der Waals surface area (Å²) in [6.07, 6.45) is 13.6. The van der Waals surface area contributed by atoms with Crippen molar-refractivity contribution in [2.45, 2.75) is 64.7 Å². The molecule has 0 bridgehead atoms. The largest absolute Gasteiger partial charge is 0.272 e. The molecule has 1 atom stereocenters. The molecule has 1 unspecified atom stereocenters. The van der Waals surface area contributed by atoms with Gasteiger partial charge in [-0.15, -0.1) is 0 Å². The Morgan fingerprint density at radius 1 is 1.41 bits per heavy atom. The van der Waals surface area contributed by atoms with Gasteiger partial charge in [-0.1, -0.05) is 33.3 Å². The molecule has 1 saturated carbocycles. The highest BCUT2D eigenvalue weighted by molar-refractivity contribution is 7.99. The van der Waals surface area contributed by atoms with Gasteiger partial charge < -0.3 is 0 Å². The summed E-state index contributed by atoms with van der Waals surface area (Å²) in [6.45, 7) is 7.29. The molecule has 29 heavy (non-hydrogen) atoms. The average molecular weight is 426 g/mol. The second kappa shape index (κ2) is 13.4. The molecule has 1 aliphatic carbocycles. The summed E-state index contributed by atoms with van der Waals surface area (Å²) < 4.78 is 27.7. The number of nitrogens with zero attached hydrogens (tertiary/aromatic N) is 3. The monoisotopic (exact) mass is 425 g/mol. The molecule has 2 aromatic rings. The Morgan fingerprint density at radius 2 is 2.10 bits per heavy atom. The first-order valence-electron chi connectivity index (χ1n) is 10.2. The molecular weight excluding hydrogens is 392 g/mol. The van der Waals surface area contributed by atoms with E-state index in [4.69, 9.17) is 0 Å². The van der Waals surface area contributed by atoms with Crippen molar-refractivity contribution in [2.24, 2.45) is 0 Å². The zero-order valence-electron chi connectivity index (χ0n) is 18.1. The third-order valence-electron chi connectivity index (χ3n) is 4.26. The van der Waals surface area contributed by atoms with Gasteiger partial charge in [0, 0.05) is 17.6 Å². The van der Waals surface area contributed by atoms with Crippen LogP contribution in [-0.2, 0) is 6.42 Å². The fourth-order valence-electron chi connectivity index (χ4n) is 2.66. The van der Waals surface area contributed by atoms with Gasteiger partial charge in [0.1, 0.15) is 12.5 Å². The zero-order valence-corrected chi connectivity index (χ0v) is 18.9. The van der Waals surface area contributed by atoms with E-state index < -0.39 is 12.5 Å². The van der Waals surface area contributed by atoms with Crippen molar-refractivity contribution in [1.82, 2.24) is 14.2 Å². The van der Waals surface area contributed by atoms with Crippen LogP contribution in [-0.4, -0.2) is 32.4 Å². The summed E-state index contributed by atoms with van der Waals surface area (Å²) in [6, 6.07) is 2.27. The predicted octanol–water partition coefficient (Wildman–Crippen LogP) is 5.93. The maximum absolute atomic E-state index is 12.4. The molecule has 0 N–H and O–H groups in total. The first-order chi connectivity index (χ1) is 14.0. The molecule has 1 fully saturated rings. The number of thioether (sulfide) groups is 1. The summed E-state index contributed by atoms with van der Waals surface area (Å²) >= 11 is 1.61. The second-order valence-corrected chi connectivity index (χ2v) is 7.66. The highest BCUT2D eigenvalue weighted by Crippen LogP contribution is 2.34. The van der Waals surface area contributed by atoms with Crippen molar-refractivity contribution < 1.29 is 8.78 Å². The Labute approximate surface area is 176 Å². The Morgan fingerprint density at radius 3 is 2.66 bits per heavy atom. The summed E-state index contributed by atoms with van der Waals surface area (Å²) in [5.74, 6) is -0.506. The van der Waals surface area contributed by atoms with Crippen molar-refractivity contribution in [3.8, 4) is 0 Å². The van der Waals surface area contributed by atoms with E-state index in [1.54, 1.807) is 24.0 Å². The topological polar surface area (TPSA) is 39.3 Å². The Kier molecular flexibility index (Phi) is 11.6. The molecule has 2 heterocycles. The Balaban J connectivity index is 0.000000287. The highest BCUT2D eigenvalue weighted by Gasteiger charge is 2.29. The minimum Gasteiger partial charge on any atom is -0.267 e. The molecular formula is C22H33F2N3OS. The lowest BCUT2D eigenvalue weighted by Gasteiger charge is -2.01. The molecule has 162 valence electrons. The Bertz CT molecular complexity index is 853. The highest BCUT2D eigenvalue weighted by atomic mass is 32.2. The van der Waals surface area contributed by atoms with Crippen molar-refractivity contribution in [3.05, 3.63) is 58.4 Å². The van der Waals surface area contributed by atoms with Gasteiger partial charge in [0.25, 0.3) is 5.56 Å². The van der Waals surface area contributed by atoms with E-state index in [0.717, 1.165) is 43.0 Å². The lowest BCUT2D eigenvalue weighted by atomic mass is 10.2. The first kappa shape index (κ1) is 25.1. The number of fused-ring (bicyclic) bond motifs is 1. The van der Waals surface area contributed by atoms with E-state index in [0.29, 0.717) is 6.04 Å². The van der Waals surface area contributed by atoms with Crippen LogP contribution < -0.4 is 5.56 Å². The van der Waals surface area contributed by atoms with Crippen molar-refractivity contribution >= 4 is 17.4 Å². The minimum absolute atomic E-state index is 0.156. The third kappa shape index (κ3) is 7.46. The maximum Gasteiger partial charge on any atom is 0.272 e. The van der Waals surface area contributed by atoms with Crippen LogP contribution in [0.25, 0.3) is 5.65 Å². The number of allylic oxidation sites excluding steroid dienone is 3. The van der Waals surface area contributed by atoms with Gasteiger partial charge in [-0.05, 0) is 50.7 Å². The second-order valence-electron chi connectivity index (χ2n) is 6.44. The predicted molar refractivity (Wildman–Crippen MR) is 120 cm³/mol. The minimum atomic E-state index is -0.746. The molecule has 1 aliphatic rings. The first-order valence-corrected chi connectivity index (χ1v) is 11.5. The van der Waals surface area contributed by atoms with Gasteiger partial charge in [-0.3, -0.25) is 4.79 Å². The fraction of sp³-hybridized carbons (Fsp3) is 0.545. The average Bonchev–Trinajstić information content (AvgIpc) is 3.54. The molecule has 0 amide bonds. The molecule has 0 spiro atoms. The van der Waals surface area contributed by atoms with Gasteiger partial charge in [0.15, 0.2) is 5.65 Å².